The fraction of sp³-hybridized carbons (Fsp3) is 0.300. The number of rotatable bonds is 5. The molecule has 7 heteroatoms. The molecule has 92 valence electrons. The Morgan fingerprint density at radius 3 is 2.65 bits per heavy atom. The second kappa shape index (κ2) is 5.52. The molecule has 0 atom stereocenters. The molecule has 0 unspecified atom stereocenters. The van der Waals surface area contributed by atoms with Crippen LogP contribution in [-0.2, 0) is 10.0 Å². The molecule has 0 aromatic heterocycles. The molecule has 17 heavy (non-hydrogen) atoms. The summed E-state index contributed by atoms with van der Waals surface area (Å²) in [6, 6.07) is 6.86. The van der Waals surface area contributed by atoms with E-state index in [4.69, 9.17) is 16.1 Å². The number of hydrogen-bond donors (Lipinski definition) is 3. The number of nitrogens with two attached hydrogens (primary N) is 2. The van der Waals surface area contributed by atoms with Crippen molar-refractivity contribution in [3.63, 3.8) is 0 Å². The quantitative estimate of drug-likeness (QED) is 0.513. The molecule has 6 nitrogen and oxygen atoms in total. The van der Waals surface area contributed by atoms with Crippen LogP contribution in [0, 0.1) is 11.3 Å². The first-order chi connectivity index (χ1) is 7.92. The molecule has 0 aliphatic rings. The average Bonchev–Trinajstić information content (AvgIpc) is 2.24. The lowest BCUT2D eigenvalue weighted by molar-refractivity contribution is 0.596. The van der Waals surface area contributed by atoms with Crippen molar-refractivity contribution < 1.29 is 8.42 Å². The molecule has 0 aliphatic carbocycles. The molecule has 5 N–H and O–H groups in total. The lowest BCUT2D eigenvalue weighted by Gasteiger charge is -2.08. The first kappa shape index (κ1) is 13.3. The third-order valence-electron chi connectivity index (χ3n) is 2.10. The molecule has 0 saturated carbocycles. The van der Waals surface area contributed by atoms with E-state index < -0.39 is 10.0 Å². The van der Waals surface area contributed by atoms with Gasteiger partial charge in [-0.2, -0.15) is 5.26 Å². The van der Waals surface area contributed by atoms with Crippen LogP contribution in [0.5, 0.6) is 0 Å². The van der Waals surface area contributed by atoms with Gasteiger partial charge in [-0.1, -0.05) is 0 Å². The minimum atomic E-state index is -3.41. The zero-order valence-electron chi connectivity index (χ0n) is 9.18. The number of primary sulfonamides is 1. The number of nitriles is 1. The van der Waals surface area contributed by atoms with E-state index in [0.29, 0.717) is 29.9 Å². The van der Waals surface area contributed by atoms with Crippen LogP contribution in [-0.4, -0.2) is 20.7 Å². The van der Waals surface area contributed by atoms with Crippen molar-refractivity contribution in [3.8, 4) is 6.07 Å². The van der Waals surface area contributed by atoms with Gasteiger partial charge in [0.2, 0.25) is 10.0 Å². The molecule has 0 radical (unpaired) electrons. The van der Waals surface area contributed by atoms with Crippen LogP contribution in [0.1, 0.15) is 12.0 Å². The molecule has 0 bridgehead atoms. The number of anilines is 2. The molecule has 0 amide bonds. The molecule has 1 aromatic rings. The van der Waals surface area contributed by atoms with Gasteiger partial charge in [0.25, 0.3) is 0 Å². The van der Waals surface area contributed by atoms with Crippen molar-refractivity contribution >= 4 is 21.4 Å². The van der Waals surface area contributed by atoms with Gasteiger partial charge in [-0.25, -0.2) is 13.6 Å². The van der Waals surface area contributed by atoms with Gasteiger partial charge in [-0.05, 0) is 24.6 Å². The number of sulfonamides is 1. The van der Waals surface area contributed by atoms with Gasteiger partial charge in [0.15, 0.2) is 0 Å². The highest BCUT2D eigenvalue weighted by molar-refractivity contribution is 7.89. The van der Waals surface area contributed by atoms with Crippen molar-refractivity contribution in [2.24, 2.45) is 5.14 Å². The van der Waals surface area contributed by atoms with E-state index in [-0.39, 0.29) is 5.75 Å². The largest absolute Gasteiger partial charge is 0.397 e. The summed E-state index contributed by atoms with van der Waals surface area (Å²) in [5, 5.41) is 16.5. The highest BCUT2D eigenvalue weighted by Crippen LogP contribution is 2.19. The Kier molecular flexibility index (Phi) is 4.31. The molecule has 0 heterocycles. The van der Waals surface area contributed by atoms with Crippen molar-refractivity contribution in [3.05, 3.63) is 23.8 Å². The zero-order valence-corrected chi connectivity index (χ0v) is 10.00. The Hall–Kier alpha value is -1.78. The molecule has 1 rings (SSSR count). The van der Waals surface area contributed by atoms with Gasteiger partial charge in [0.1, 0.15) is 0 Å². The Morgan fingerprint density at radius 2 is 2.12 bits per heavy atom. The van der Waals surface area contributed by atoms with E-state index >= 15 is 0 Å². The van der Waals surface area contributed by atoms with Crippen LogP contribution >= 0.6 is 0 Å². The second-order valence-electron chi connectivity index (χ2n) is 3.56. The van der Waals surface area contributed by atoms with E-state index in [2.05, 4.69) is 5.32 Å². The Bertz CT molecular complexity index is 534. The first-order valence-corrected chi connectivity index (χ1v) is 6.68. The summed E-state index contributed by atoms with van der Waals surface area (Å²) in [5.74, 6) is -0.0732. The van der Waals surface area contributed by atoms with Crippen LogP contribution in [0.4, 0.5) is 11.4 Å². The third-order valence-corrected chi connectivity index (χ3v) is 2.96. The Labute approximate surface area is 100 Å². The van der Waals surface area contributed by atoms with E-state index in [1.807, 2.05) is 6.07 Å². The standard InChI is InChI=1S/C10H14N4O2S/c11-7-8-2-3-10(9(12)6-8)14-4-1-5-17(13,15)16/h2-3,6,14H,1,4-5,12H2,(H2,13,15,16). The number of benzene rings is 1. The molecule has 0 fully saturated rings. The van der Waals surface area contributed by atoms with E-state index in [9.17, 15) is 8.42 Å². The normalized spacial score (nSPS) is 10.8. The highest BCUT2D eigenvalue weighted by atomic mass is 32.2. The SMILES string of the molecule is N#Cc1ccc(NCCCS(N)(=O)=O)c(N)c1. The topological polar surface area (TPSA) is 122 Å². The highest BCUT2D eigenvalue weighted by Gasteiger charge is 2.03. The summed E-state index contributed by atoms with van der Waals surface area (Å²) >= 11 is 0. The predicted octanol–water partition coefficient (Wildman–Crippen LogP) is 0.231. The lowest BCUT2D eigenvalue weighted by Crippen LogP contribution is -2.18. The van der Waals surface area contributed by atoms with Gasteiger partial charge < -0.3 is 11.1 Å². The van der Waals surface area contributed by atoms with Crippen LogP contribution < -0.4 is 16.2 Å². The van der Waals surface area contributed by atoms with Crippen LogP contribution in [0.2, 0.25) is 0 Å². The zero-order chi connectivity index (χ0) is 12.9. The summed E-state index contributed by atoms with van der Waals surface area (Å²) < 4.78 is 21.4. The minimum absolute atomic E-state index is 0.0732. The third kappa shape index (κ3) is 4.72. The number of nitrogens with zero attached hydrogens (tertiary/aromatic N) is 1. The van der Waals surface area contributed by atoms with Crippen molar-refractivity contribution in [2.45, 2.75) is 6.42 Å². The van der Waals surface area contributed by atoms with Gasteiger partial charge in [0, 0.05) is 6.54 Å². The number of nitrogen functional groups attached to an aromatic ring is 1. The van der Waals surface area contributed by atoms with Crippen LogP contribution in [0.15, 0.2) is 18.2 Å². The fourth-order valence-electron chi connectivity index (χ4n) is 1.29. The lowest BCUT2D eigenvalue weighted by atomic mass is 10.2. The Balaban J connectivity index is 2.51. The smallest absolute Gasteiger partial charge is 0.209 e. The van der Waals surface area contributed by atoms with E-state index in [1.54, 1.807) is 18.2 Å². The molecule has 0 saturated heterocycles. The van der Waals surface area contributed by atoms with Crippen molar-refractivity contribution in [1.82, 2.24) is 0 Å². The summed E-state index contributed by atoms with van der Waals surface area (Å²) in [4.78, 5) is 0. The Morgan fingerprint density at radius 1 is 1.41 bits per heavy atom. The maximum atomic E-state index is 10.7. The van der Waals surface area contributed by atoms with Crippen molar-refractivity contribution in [1.29, 1.82) is 5.26 Å². The number of hydrogen-bond acceptors (Lipinski definition) is 5. The first-order valence-electron chi connectivity index (χ1n) is 4.96. The molecular formula is C10H14N4O2S. The molecule has 0 spiro atoms. The maximum Gasteiger partial charge on any atom is 0.209 e. The van der Waals surface area contributed by atoms with Gasteiger partial charge in [-0.15, -0.1) is 0 Å². The summed E-state index contributed by atoms with van der Waals surface area (Å²) in [7, 11) is -3.41. The average molecular weight is 254 g/mol. The molecule has 1 aromatic carbocycles. The van der Waals surface area contributed by atoms with Crippen LogP contribution in [0.25, 0.3) is 0 Å². The summed E-state index contributed by atoms with van der Waals surface area (Å²) in [6.45, 7) is 0.451. The van der Waals surface area contributed by atoms with Crippen LogP contribution in [0.3, 0.4) is 0 Å². The van der Waals surface area contributed by atoms with E-state index in [0.717, 1.165) is 0 Å². The minimum Gasteiger partial charge on any atom is -0.397 e. The number of nitrogens with one attached hydrogen (secondary N) is 1. The second-order valence-corrected chi connectivity index (χ2v) is 5.30. The van der Waals surface area contributed by atoms with Crippen molar-refractivity contribution in [2.75, 3.05) is 23.3 Å². The molecular weight excluding hydrogens is 240 g/mol. The van der Waals surface area contributed by atoms with Gasteiger partial charge >= 0.3 is 0 Å². The monoisotopic (exact) mass is 254 g/mol. The maximum absolute atomic E-state index is 10.7. The predicted molar refractivity (Wildman–Crippen MR) is 66.7 cm³/mol. The van der Waals surface area contributed by atoms with Gasteiger partial charge in [-0.3, -0.25) is 0 Å². The summed E-state index contributed by atoms with van der Waals surface area (Å²) in [5.41, 5.74) is 7.33. The molecule has 0 aliphatic heterocycles. The fourth-order valence-corrected chi connectivity index (χ4v) is 1.84. The van der Waals surface area contributed by atoms with E-state index in [1.165, 1.54) is 0 Å². The van der Waals surface area contributed by atoms with Gasteiger partial charge in [0.05, 0.1) is 28.8 Å². The summed E-state index contributed by atoms with van der Waals surface area (Å²) in [6.07, 6.45) is 0.401.